The molecule has 0 spiro atoms. The molecular weight excluding hydrogens is 180 g/mol. The zero-order valence-corrected chi connectivity index (χ0v) is 7.97. The van der Waals surface area contributed by atoms with E-state index in [1.165, 1.54) is 6.33 Å². The second-order valence-electron chi connectivity index (χ2n) is 3.00. The topological polar surface area (TPSA) is 64.3 Å². The molecule has 0 fully saturated rings. The Hall–Kier alpha value is -1.78. The van der Waals surface area contributed by atoms with Gasteiger partial charge in [-0.05, 0) is 0 Å². The summed E-state index contributed by atoms with van der Waals surface area (Å²) >= 11 is 0. The van der Waals surface area contributed by atoms with Gasteiger partial charge in [-0.15, -0.1) is 0 Å². The van der Waals surface area contributed by atoms with E-state index in [2.05, 4.69) is 27.0 Å². The molecule has 1 aliphatic rings. The van der Waals surface area contributed by atoms with Gasteiger partial charge in [0.2, 0.25) is 5.88 Å². The Bertz CT molecular complexity index is 356. The summed E-state index contributed by atoms with van der Waals surface area (Å²) in [4.78, 5) is 10.1. The summed E-state index contributed by atoms with van der Waals surface area (Å²) in [5, 5.41) is 0. The molecule has 0 saturated heterocycles. The summed E-state index contributed by atoms with van der Waals surface area (Å²) in [7, 11) is 1.55. The lowest BCUT2D eigenvalue weighted by Gasteiger charge is -2.18. The van der Waals surface area contributed by atoms with Crippen molar-refractivity contribution in [2.75, 3.05) is 30.8 Å². The number of hydrogen-bond donors (Lipinski definition) is 1. The maximum atomic E-state index is 5.85. The average Bonchev–Trinajstić information content (AvgIpc) is 2.71. The van der Waals surface area contributed by atoms with E-state index in [0.717, 1.165) is 18.9 Å². The molecule has 2 rings (SSSR count). The maximum Gasteiger partial charge on any atom is 0.242 e. The molecule has 0 bridgehead atoms. The highest BCUT2D eigenvalue weighted by Gasteiger charge is 2.15. The number of hydrogen-bond acceptors (Lipinski definition) is 5. The van der Waals surface area contributed by atoms with Crippen molar-refractivity contribution in [3.8, 4) is 5.88 Å². The first-order valence-corrected chi connectivity index (χ1v) is 4.37. The second-order valence-corrected chi connectivity index (χ2v) is 3.00. The van der Waals surface area contributed by atoms with Crippen LogP contribution in [0.25, 0.3) is 0 Å². The molecule has 0 saturated carbocycles. The minimum absolute atomic E-state index is 0.432. The number of methoxy groups -OCH3 is 1. The molecule has 0 atom stereocenters. The van der Waals surface area contributed by atoms with Crippen molar-refractivity contribution in [2.24, 2.45) is 0 Å². The number of nitrogens with two attached hydrogens (primary N) is 1. The molecule has 0 radical (unpaired) electrons. The second kappa shape index (κ2) is 3.53. The van der Waals surface area contributed by atoms with E-state index in [1.807, 2.05) is 0 Å². The smallest absolute Gasteiger partial charge is 0.242 e. The van der Waals surface area contributed by atoms with Crippen LogP contribution in [0.3, 0.4) is 0 Å². The molecule has 1 aromatic rings. The van der Waals surface area contributed by atoms with Crippen molar-refractivity contribution in [1.29, 1.82) is 0 Å². The van der Waals surface area contributed by atoms with Crippen LogP contribution >= 0.6 is 0 Å². The largest absolute Gasteiger partial charge is 0.479 e. The predicted octanol–water partition coefficient (Wildman–Crippen LogP) is 0.444. The lowest BCUT2D eigenvalue weighted by atomic mass is 10.4. The minimum atomic E-state index is 0.432. The first-order valence-electron chi connectivity index (χ1n) is 4.37. The summed E-state index contributed by atoms with van der Waals surface area (Å²) < 4.78 is 5.02. The third-order valence-electron chi connectivity index (χ3n) is 2.14. The molecule has 74 valence electrons. The van der Waals surface area contributed by atoms with Crippen molar-refractivity contribution in [3.63, 3.8) is 0 Å². The molecule has 5 nitrogen and oxygen atoms in total. The Balaban J connectivity index is 2.33. The summed E-state index contributed by atoms with van der Waals surface area (Å²) in [6.45, 7) is 1.68. The lowest BCUT2D eigenvalue weighted by molar-refractivity contribution is 0.399. The van der Waals surface area contributed by atoms with E-state index < -0.39 is 0 Å². The van der Waals surface area contributed by atoms with Crippen LogP contribution in [0.2, 0.25) is 0 Å². The van der Waals surface area contributed by atoms with Crippen LogP contribution in [0, 0.1) is 0 Å². The van der Waals surface area contributed by atoms with Gasteiger partial charge in [0.25, 0.3) is 0 Å². The Labute approximate surface area is 82.2 Å². The van der Waals surface area contributed by atoms with Gasteiger partial charge >= 0.3 is 0 Å². The number of anilines is 2. The highest BCUT2D eigenvalue weighted by molar-refractivity contribution is 5.68. The SMILES string of the molecule is COc1ncnc(N2CC=CC2)c1N. The molecular formula is C9H12N4O. The Morgan fingerprint density at radius 3 is 2.71 bits per heavy atom. The standard InChI is InChI=1S/C9H12N4O/c1-14-9-7(10)8(11-6-12-9)13-4-2-3-5-13/h2-3,6H,4-5,10H2,1H3. The van der Waals surface area contributed by atoms with Crippen LogP contribution < -0.4 is 15.4 Å². The summed E-state index contributed by atoms with van der Waals surface area (Å²) in [5.41, 5.74) is 6.35. The number of rotatable bonds is 2. The molecule has 14 heavy (non-hydrogen) atoms. The van der Waals surface area contributed by atoms with E-state index in [0.29, 0.717) is 11.6 Å². The van der Waals surface area contributed by atoms with Crippen LogP contribution in [-0.4, -0.2) is 30.2 Å². The zero-order valence-electron chi connectivity index (χ0n) is 7.97. The molecule has 1 aliphatic heterocycles. The lowest BCUT2D eigenvalue weighted by Crippen LogP contribution is -2.21. The van der Waals surface area contributed by atoms with Crippen molar-refractivity contribution >= 4 is 11.5 Å². The number of aromatic nitrogens is 2. The van der Waals surface area contributed by atoms with Gasteiger partial charge in [0, 0.05) is 13.1 Å². The quantitative estimate of drug-likeness (QED) is 0.689. The fraction of sp³-hybridized carbons (Fsp3) is 0.333. The number of nitrogen functional groups attached to an aromatic ring is 1. The molecule has 1 aromatic heterocycles. The average molecular weight is 192 g/mol. The van der Waals surface area contributed by atoms with Crippen LogP contribution in [0.5, 0.6) is 5.88 Å². The van der Waals surface area contributed by atoms with Gasteiger partial charge < -0.3 is 15.4 Å². The molecule has 2 heterocycles. The molecule has 2 N–H and O–H groups in total. The van der Waals surface area contributed by atoms with Gasteiger partial charge in [-0.1, -0.05) is 12.2 Å². The zero-order chi connectivity index (χ0) is 9.97. The summed E-state index contributed by atoms with van der Waals surface area (Å²) in [6.07, 6.45) is 5.62. The maximum absolute atomic E-state index is 5.85. The van der Waals surface area contributed by atoms with Gasteiger partial charge in [0.05, 0.1) is 7.11 Å². The normalized spacial score (nSPS) is 14.8. The first kappa shape index (κ1) is 8.80. The van der Waals surface area contributed by atoms with Crippen LogP contribution in [0.15, 0.2) is 18.5 Å². The fourth-order valence-electron chi connectivity index (χ4n) is 1.44. The molecule has 0 unspecified atom stereocenters. The van der Waals surface area contributed by atoms with E-state index >= 15 is 0 Å². The number of nitrogens with zero attached hydrogens (tertiary/aromatic N) is 3. The summed E-state index contributed by atoms with van der Waals surface area (Å²) in [6, 6.07) is 0. The van der Waals surface area contributed by atoms with Crippen molar-refractivity contribution in [2.45, 2.75) is 0 Å². The minimum Gasteiger partial charge on any atom is -0.479 e. The molecule has 0 aliphatic carbocycles. The van der Waals surface area contributed by atoms with Gasteiger partial charge in [-0.3, -0.25) is 0 Å². The van der Waals surface area contributed by atoms with Crippen molar-refractivity contribution in [3.05, 3.63) is 18.5 Å². The Kier molecular flexibility index (Phi) is 2.22. The highest BCUT2D eigenvalue weighted by atomic mass is 16.5. The fourth-order valence-corrected chi connectivity index (χ4v) is 1.44. The Morgan fingerprint density at radius 2 is 2.07 bits per heavy atom. The molecule has 0 amide bonds. The van der Waals surface area contributed by atoms with E-state index in [1.54, 1.807) is 7.11 Å². The highest BCUT2D eigenvalue weighted by Crippen LogP contribution is 2.28. The molecule has 0 aromatic carbocycles. The third kappa shape index (κ3) is 1.37. The third-order valence-corrected chi connectivity index (χ3v) is 2.14. The van der Waals surface area contributed by atoms with E-state index in [-0.39, 0.29) is 0 Å². The van der Waals surface area contributed by atoms with Crippen LogP contribution in [-0.2, 0) is 0 Å². The first-order chi connectivity index (χ1) is 6.83. The van der Waals surface area contributed by atoms with E-state index in [4.69, 9.17) is 10.5 Å². The van der Waals surface area contributed by atoms with Crippen molar-refractivity contribution < 1.29 is 4.74 Å². The number of ether oxygens (including phenoxy) is 1. The van der Waals surface area contributed by atoms with Gasteiger partial charge in [0.1, 0.15) is 12.0 Å². The summed E-state index contributed by atoms with van der Waals surface area (Å²) in [5.74, 6) is 1.17. The van der Waals surface area contributed by atoms with E-state index in [9.17, 15) is 0 Å². The van der Waals surface area contributed by atoms with Crippen molar-refractivity contribution in [1.82, 2.24) is 9.97 Å². The van der Waals surface area contributed by atoms with Crippen LogP contribution in [0.4, 0.5) is 11.5 Å². The monoisotopic (exact) mass is 192 g/mol. The Morgan fingerprint density at radius 1 is 1.36 bits per heavy atom. The van der Waals surface area contributed by atoms with Gasteiger partial charge in [-0.25, -0.2) is 4.98 Å². The van der Waals surface area contributed by atoms with Gasteiger partial charge in [-0.2, -0.15) is 4.98 Å². The predicted molar refractivity (Wildman–Crippen MR) is 54.3 cm³/mol. The van der Waals surface area contributed by atoms with Crippen LogP contribution in [0.1, 0.15) is 0 Å². The van der Waals surface area contributed by atoms with Gasteiger partial charge in [0.15, 0.2) is 5.82 Å². The molecule has 5 heteroatoms.